The SMILES string of the molecule is COc1cccc(-c2noc(CN(Cc3ccc(F)cc3)C3CCOCC3)n2)c1. The maximum Gasteiger partial charge on any atom is 0.241 e. The van der Waals surface area contributed by atoms with E-state index in [1.54, 1.807) is 7.11 Å². The number of hydrogen-bond acceptors (Lipinski definition) is 6. The Bertz CT molecular complexity index is 923. The topological polar surface area (TPSA) is 60.6 Å². The largest absolute Gasteiger partial charge is 0.497 e. The van der Waals surface area contributed by atoms with Crippen molar-refractivity contribution in [3.05, 3.63) is 65.8 Å². The number of nitrogens with zero attached hydrogens (tertiary/aromatic N) is 3. The maximum atomic E-state index is 13.3. The van der Waals surface area contributed by atoms with E-state index in [9.17, 15) is 4.39 Å². The van der Waals surface area contributed by atoms with Crippen LogP contribution in [0.2, 0.25) is 0 Å². The van der Waals surface area contributed by atoms with Crippen molar-refractivity contribution < 1.29 is 18.4 Å². The first kappa shape index (κ1) is 19.5. The molecule has 0 radical (unpaired) electrons. The van der Waals surface area contributed by atoms with Gasteiger partial charge in [-0.2, -0.15) is 4.98 Å². The third-order valence-corrected chi connectivity index (χ3v) is 5.14. The lowest BCUT2D eigenvalue weighted by Gasteiger charge is -2.33. The van der Waals surface area contributed by atoms with Gasteiger partial charge in [-0.25, -0.2) is 4.39 Å². The van der Waals surface area contributed by atoms with Crippen LogP contribution < -0.4 is 4.74 Å². The Balaban J connectivity index is 1.52. The first-order valence-electron chi connectivity index (χ1n) is 9.74. The van der Waals surface area contributed by atoms with Crippen LogP contribution in [0.15, 0.2) is 53.1 Å². The Morgan fingerprint density at radius 2 is 1.90 bits per heavy atom. The molecule has 29 heavy (non-hydrogen) atoms. The lowest BCUT2D eigenvalue weighted by atomic mass is 10.1. The maximum absolute atomic E-state index is 13.3. The second-order valence-corrected chi connectivity index (χ2v) is 7.12. The molecule has 4 rings (SSSR count). The molecule has 0 N–H and O–H groups in total. The Kier molecular flexibility index (Phi) is 6.17. The summed E-state index contributed by atoms with van der Waals surface area (Å²) in [6.07, 6.45) is 1.89. The monoisotopic (exact) mass is 397 g/mol. The van der Waals surface area contributed by atoms with E-state index >= 15 is 0 Å². The summed E-state index contributed by atoms with van der Waals surface area (Å²) >= 11 is 0. The molecule has 1 fully saturated rings. The number of methoxy groups -OCH3 is 1. The lowest BCUT2D eigenvalue weighted by Crippen LogP contribution is -2.38. The summed E-state index contributed by atoms with van der Waals surface area (Å²) < 4.78 is 29.6. The summed E-state index contributed by atoms with van der Waals surface area (Å²) in [6, 6.07) is 14.5. The molecule has 0 spiro atoms. The van der Waals surface area contributed by atoms with E-state index in [-0.39, 0.29) is 5.82 Å². The van der Waals surface area contributed by atoms with Crippen LogP contribution in [-0.4, -0.2) is 41.4 Å². The van der Waals surface area contributed by atoms with Gasteiger partial charge < -0.3 is 14.0 Å². The van der Waals surface area contributed by atoms with Crippen LogP contribution in [-0.2, 0) is 17.8 Å². The molecule has 152 valence electrons. The Labute approximate surface area is 169 Å². The van der Waals surface area contributed by atoms with Gasteiger partial charge in [-0.3, -0.25) is 4.90 Å². The standard InChI is InChI=1S/C22H24FN3O3/c1-27-20-4-2-3-17(13-20)22-24-21(29-25-22)15-26(19-9-11-28-12-10-19)14-16-5-7-18(23)8-6-16/h2-8,13,19H,9-12,14-15H2,1H3. The molecule has 0 atom stereocenters. The zero-order chi connectivity index (χ0) is 20.1. The minimum atomic E-state index is -0.230. The van der Waals surface area contributed by atoms with Gasteiger partial charge in [0.25, 0.3) is 0 Å². The predicted molar refractivity (Wildman–Crippen MR) is 106 cm³/mol. The van der Waals surface area contributed by atoms with Crippen molar-refractivity contribution in [1.29, 1.82) is 0 Å². The Hall–Kier alpha value is -2.77. The summed E-state index contributed by atoms with van der Waals surface area (Å²) in [4.78, 5) is 6.88. The average molecular weight is 397 g/mol. The van der Waals surface area contributed by atoms with E-state index in [0.717, 1.165) is 42.9 Å². The number of halogens is 1. The van der Waals surface area contributed by atoms with Crippen LogP contribution in [0.5, 0.6) is 5.75 Å². The van der Waals surface area contributed by atoms with Crippen LogP contribution in [0.25, 0.3) is 11.4 Å². The van der Waals surface area contributed by atoms with Gasteiger partial charge >= 0.3 is 0 Å². The van der Waals surface area contributed by atoms with Crippen molar-refractivity contribution in [3.8, 4) is 17.1 Å². The molecule has 1 aliphatic rings. The zero-order valence-electron chi connectivity index (χ0n) is 16.4. The molecule has 6 nitrogen and oxygen atoms in total. The predicted octanol–water partition coefficient (Wildman–Crippen LogP) is 4.07. The van der Waals surface area contributed by atoms with Crippen LogP contribution in [0.4, 0.5) is 4.39 Å². The molecule has 1 aromatic heterocycles. The van der Waals surface area contributed by atoms with Gasteiger partial charge in [0.05, 0.1) is 13.7 Å². The van der Waals surface area contributed by atoms with Gasteiger partial charge in [0.15, 0.2) is 0 Å². The summed E-state index contributed by atoms with van der Waals surface area (Å²) in [5, 5.41) is 4.14. The van der Waals surface area contributed by atoms with Crippen LogP contribution in [0, 0.1) is 5.82 Å². The first-order chi connectivity index (χ1) is 14.2. The highest BCUT2D eigenvalue weighted by molar-refractivity contribution is 5.56. The van der Waals surface area contributed by atoms with Crippen molar-refractivity contribution in [2.24, 2.45) is 0 Å². The fraction of sp³-hybridized carbons (Fsp3) is 0.364. The number of benzene rings is 2. The third-order valence-electron chi connectivity index (χ3n) is 5.14. The summed E-state index contributed by atoms with van der Waals surface area (Å²) in [6.45, 7) is 2.69. The molecule has 0 unspecified atom stereocenters. The molecule has 0 amide bonds. The van der Waals surface area contributed by atoms with E-state index in [1.807, 2.05) is 36.4 Å². The number of aromatic nitrogens is 2. The third kappa shape index (κ3) is 4.99. The number of rotatable bonds is 7. The molecule has 1 aliphatic heterocycles. The summed E-state index contributed by atoms with van der Waals surface area (Å²) in [5.41, 5.74) is 1.89. The second-order valence-electron chi connectivity index (χ2n) is 7.12. The van der Waals surface area contributed by atoms with E-state index in [4.69, 9.17) is 14.0 Å². The fourth-order valence-corrected chi connectivity index (χ4v) is 3.56. The minimum Gasteiger partial charge on any atom is -0.497 e. The highest BCUT2D eigenvalue weighted by atomic mass is 19.1. The van der Waals surface area contributed by atoms with Crippen LogP contribution in [0.1, 0.15) is 24.3 Å². The number of hydrogen-bond donors (Lipinski definition) is 0. The molecule has 0 saturated carbocycles. The van der Waals surface area contributed by atoms with Gasteiger partial charge in [0, 0.05) is 31.4 Å². The van der Waals surface area contributed by atoms with Crippen LogP contribution in [0.3, 0.4) is 0 Å². The molecular formula is C22H24FN3O3. The van der Waals surface area contributed by atoms with Crippen molar-refractivity contribution in [3.63, 3.8) is 0 Å². The highest BCUT2D eigenvalue weighted by Gasteiger charge is 2.24. The molecular weight excluding hydrogens is 373 g/mol. The zero-order valence-corrected chi connectivity index (χ0v) is 16.4. The van der Waals surface area contributed by atoms with Gasteiger partial charge in [-0.05, 0) is 42.7 Å². The lowest BCUT2D eigenvalue weighted by molar-refractivity contribution is 0.0239. The van der Waals surface area contributed by atoms with E-state index < -0.39 is 0 Å². The Morgan fingerprint density at radius 1 is 1.10 bits per heavy atom. The van der Waals surface area contributed by atoms with Gasteiger partial charge in [0.1, 0.15) is 11.6 Å². The van der Waals surface area contributed by atoms with Gasteiger partial charge in [-0.1, -0.05) is 29.4 Å². The van der Waals surface area contributed by atoms with E-state index in [2.05, 4.69) is 15.0 Å². The van der Waals surface area contributed by atoms with Crippen molar-refractivity contribution in [2.75, 3.05) is 20.3 Å². The highest BCUT2D eigenvalue weighted by Crippen LogP contribution is 2.24. The van der Waals surface area contributed by atoms with Crippen molar-refractivity contribution in [1.82, 2.24) is 15.0 Å². The average Bonchev–Trinajstić information content (AvgIpc) is 3.24. The minimum absolute atomic E-state index is 0.230. The molecule has 0 bridgehead atoms. The molecule has 2 aromatic carbocycles. The van der Waals surface area contributed by atoms with E-state index in [0.29, 0.717) is 30.8 Å². The molecule has 2 heterocycles. The van der Waals surface area contributed by atoms with E-state index in [1.165, 1.54) is 12.1 Å². The summed E-state index contributed by atoms with van der Waals surface area (Å²) in [7, 11) is 1.63. The smallest absolute Gasteiger partial charge is 0.241 e. The quantitative estimate of drug-likeness (QED) is 0.599. The molecule has 0 aliphatic carbocycles. The van der Waals surface area contributed by atoms with Gasteiger partial charge in [0.2, 0.25) is 11.7 Å². The van der Waals surface area contributed by atoms with Crippen molar-refractivity contribution in [2.45, 2.75) is 32.0 Å². The second kappa shape index (κ2) is 9.15. The molecule has 1 saturated heterocycles. The Morgan fingerprint density at radius 3 is 2.66 bits per heavy atom. The van der Waals surface area contributed by atoms with Gasteiger partial charge in [-0.15, -0.1) is 0 Å². The molecule has 3 aromatic rings. The van der Waals surface area contributed by atoms with Crippen LogP contribution >= 0.6 is 0 Å². The fourth-order valence-electron chi connectivity index (χ4n) is 3.56. The normalized spacial score (nSPS) is 15.0. The summed E-state index contributed by atoms with van der Waals surface area (Å²) in [5.74, 6) is 1.60. The van der Waals surface area contributed by atoms with Crippen molar-refractivity contribution >= 4 is 0 Å². The molecule has 7 heteroatoms. The first-order valence-corrected chi connectivity index (χ1v) is 9.74. The number of ether oxygens (including phenoxy) is 2.